The standard InChI is InChI=1S/C19H26N2O3/c1-13-10-17(13)19(23)20-8-7-18(22)21-9-3-4-14-11-16(24-2)6-5-15(14)12-21/h5-6,11,13,17H,3-4,7-10,12H2,1-2H3,(H,20,23)/t13-,17-/m0/s1. The highest BCUT2D eigenvalue weighted by atomic mass is 16.5. The van der Waals surface area contributed by atoms with Gasteiger partial charge in [-0.2, -0.15) is 0 Å². The minimum Gasteiger partial charge on any atom is -0.497 e. The molecule has 1 N–H and O–H groups in total. The minimum atomic E-state index is 0.101. The molecule has 0 saturated heterocycles. The van der Waals surface area contributed by atoms with Crippen molar-refractivity contribution in [3.8, 4) is 5.75 Å². The summed E-state index contributed by atoms with van der Waals surface area (Å²) in [6, 6.07) is 6.07. The molecule has 1 aromatic carbocycles. The summed E-state index contributed by atoms with van der Waals surface area (Å²) in [7, 11) is 1.67. The fourth-order valence-corrected chi connectivity index (χ4v) is 3.34. The second-order valence-electron chi connectivity index (χ2n) is 6.91. The predicted molar refractivity (Wildman–Crippen MR) is 91.6 cm³/mol. The Hall–Kier alpha value is -2.04. The number of carbonyl (C=O) groups is 2. The summed E-state index contributed by atoms with van der Waals surface area (Å²) < 4.78 is 5.28. The van der Waals surface area contributed by atoms with E-state index in [9.17, 15) is 9.59 Å². The van der Waals surface area contributed by atoms with Crippen LogP contribution in [0.3, 0.4) is 0 Å². The zero-order chi connectivity index (χ0) is 17.1. The van der Waals surface area contributed by atoms with Gasteiger partial charge in [-0.15, -0.1) is 0 Å². The quantitative estimate of drug-likeness (QED) is 0.900. The minimum absolute atomic E-state index is 0.101. The van der Waals surface area contributed by atoms with Gasteiger partial charge in [-0.05, 0) is 48.4 Å². The molecule has 0 aromatic heterocycles. The van der Waals surface area contributed by atoms with Crippen LogP contribution in [0, 0.1) is 11.8 Å². The van der Waals surface area contributed by atoms with Gasteiger partial charge in [0.05, 0.1) is 7.11 Å². The Kier molecular flexibility index (Phi) is 5.07. The van der Waals surface area contributed by atoms with Crippen molar-refractivity contribution < 1.29 is 14.3 Å². The molecule has 1 aromatic rings. The Morgan fingerprint density at radius 2 is 2.12 bits per heavy atom. The molecule has 2 aliphatic rings. The molecule has 2 amide bonds. The molecule has 24 heavy (non-hydrogen) atoms. The van der Waals surface area contributed by atoms with E-state index in [1.54, 1.807) is 7.11 Å². The van der Waals surface area contributed by atoms with Gasteiger partial charge < -0.3 is 15.0 Å². The van der Waals surface area contributed by atoms with Gasteiger partial charge in [-0.1, -0.05) is 13.0 Å². The van der Waals surface area contributed by atoms with Gasteiger partial charge in [-0.3, -0.25) is 9.59 Å². The van der Waals surface area contributed by atoms with Crippen molar-refractivity contribution in [2.45, 2.75) is 39.2 Å². The van der Waals surface area contributed by atoms with E-state index in [1.807, 2.05) is 11.0 Å². The maximum absolute atomic E-state index is 12.5. The van der Waals surface area contributed by atoms with Crippen LogP contribution in [-0.2, 0) is 22.6 Å². The third-order valence-electron chi connectivity index (χ3n) is 5.09. The van der Waals surface area contributed by atoms with E-state index >= 15 is 0 Å². The number of fused-ring (bicyclic) bond motifs is 1. The van der Waals surface area contributed by atoms with E-state index in [2.05, 4.69) is 24.4 Å². The van der Waals surface area contributed by atoms with E-state index < -0.39 is 0 Å². The van der Waals surface area contributed by atoms with Gasteiger partial charge in [0.25, 0.3) is 0 Å². The number of nitrogens with one attached hydrogen (secondary N) is 1. The molecule has 0 bridgehead atoms. The molecule has 0 radical (unpaired) electrons. The first-order valence-corrected chi connectivity index (χ1v) is 8.79. The fraction of sp³-hybridized carbons (Fsp3) is 0.579. The van der Waals surface area contributed by atoms with Crippen LogP contribution in [0.2, 0.25) is 0 Å². The molecular formula is C19H26N2O3. The first-order valence-electron chi connectivity index (χ1n) is 8.79. The molecule has 1 aliphatic carbocycles. The summed E-state index contributed by atoms with van der Waals surface area (Å²) in [6.45, 7) is 3.93. The summed E-state index contributed by atoms with van der Waals surface area (Å²) in [4.78, 5) is 26.2. The molecule has 1 aliphatic heterocycles. The lowest BCUT2D eigenvalue weighted by atomic mass is 10.0. The van der Waals surface area contributed by atoms with E-state index in [1.165, 1.54) is 11.1 Å². The highest BCUT2D eigenvalue weighted by Gasteiger charge is 2.38. The molecule has 1 heterocycles. The Morgan fingerprint density at radius 3 is 2.83 bits per heavy atom. The number of carbonyl (C=O) groups excluding carboxylic acids is 2. The monoisotopic (exact) mass is 330 g/mol. The second kappa shape index (κ2) is 7.24. The maximum atomic E-state index is 12.5. The Morgan fingerprint density at radius 1 is 1.33 bits per heavy atom. The third kappa shape index (κ3) is 3.89. The first kappa shape index (κ1) is 16.8. The number of benzene rings is 1. The van der Waals surface area contributed by atoms with Crippen LogP contribution >= 0.6 is 0 Å². The molecule has 3 rings (SSSR count). The first-order chi connectivity index (χ1) is 11.6. The van der Waals surface area contributed by atoms with Crippen LogP contribution in [-0.4, -0.2) is 36.9 Å². The van der Waals surface area contributed by atoms with Gasteiger partial charge in [0.2, 0.25) is 11.8 Å². The SMILES string of the molecule is COc1ccc2c(c1)CCCN(C(=O)CCNC(=O)[C@H]1C[C@@H]1C)C2. The molecule has 130 valence electrons. The number of nitrogens with zero attached hydrogens (tertiary/aromatic N) is 1. The zero-order valence-corrected chi connectivity index (χ0v) is 14.5. The smallest absolute Gasteiger partial charge is 0.224 e. The van der Waals surface area contributed by atoms with Gasteiger partial charge in [0, 0.05) is 32.0 Å². The van der Waals surface area contributed by atoms with Crippen molar-refractivity contribution >= 4 is 11.8 Å². The number of hydrogen-bond acceptors (Lipinski definition) is 3. The van der Waals surface area contributed by atoms with Gasteiger partial charge in [0.15, 0.2) is 0 Å². The van der Waals surface area contributed by atoms with Crippen molar-refractivity contribution in [1.29, 1.82) is 0 Å². The normalized spacial score (nSPS) is 22.3. The molecular weight excluding hydrogens is 304 g/mol. The van der Waals surface area contributed by atoms with Crippen LogP contribution in [0.5, 0.6) is 5.75 Å². The topological polar surface area (TPSA) is 58.6 Å². The number of rotatable bonds is 5. The molecule has 0 unspecified atom stereocenters. The van der Waals surface area contributed by atoms with Crippen LogP contribution < -0.4 is 10.1 Å². The summed E-state index contributed by atoms with van der Waals surface area (Å²) >= 11 is 0. The number of amides is 2. The van der Waals surface area contributed by atoms with Crippen molar-refractivity contribution in [3.63, 3.8) is 0 Å². The van der Waals surface area contributed by atoms with Crippen LogP contribution in [0.1, 0.15) is 37.3 Å². The van der Waals surface area contributed by atoms with Crippen molar-refractivity contribution in [1.82, 2.24) is 10.2 Å². The number of ether oxygens (including phenoxy) is 1. The number of hydrogen-bond donors (Lipinski definition) is 1. The van der Waals surface area contributed by atoms with Crippen molar-refractivity contribution in [2.75, 3.05) is 20.2 Å². The van der Waals surface area contributed by atoms with E-state index in [0.29, 0.717) is 25.4 Å². The van der Waals surface area contributed by atoms with E-state index in [4.69, 9.17) is 4.74 Å². The van der Waals surface area contributed by atoms with Crippen molar-refractivity contribution in [2.24, 2.45) is 11.8 Å². The predicted octanol–water partition coefficient (Wildman–Crippen LogP) is 2.13. The molecule has 0 spiro atoms. The second-order valence-corrected chi connectivity index (χ2v) is 6.91. The Labute approximate surface area is 143 Å². The molecule has 5 nitrogen and oxygen atoms in total. The van der Waals surface area contributed by atoms with Gasteiger partial charge in [-0.25, -0.2) is 0 Å². The highest BCUT2D eigenvalue weighted by Crippen LogP contribution is 2.37. The number of aryl methyl sites for hydroxylation is 1. The number of methoxy groups -OCH3 is 1. The lowest BCUT2D eigenvalue weighted by Gasteiger charge is -2.21. The molecule has 1 fully saturated rings. The zero-order valence-electron chi connectivity index (χ0n) is 14.5. The lowest BCUT2D eigenvalue weighted by molar-refractivity contribution is -0.131. The van der Waals surface area contributed by atoms with Crippen molar-refractivity contribution in [3.05, 3.63) is 29.3 Å². The molecule has 1 saturated carbocycles. The Bertz CT molecular complexity index is 629. The van der Waals surface area contributed by atoms with Crippen LogP contribution in [0.25, 0.3) is 0 Å². The summed E-state index contributed by atoms with van der Waals surface area (Å²) in [6.07, 6.45) is 3.27. The molecule has 5 heteroatoms. The van der Waals surface area contributed by atoms with Crippen LogP contribution in [0.4, 0.5) is 0 Å². The van der Waals surface area contributed by atoms with E-state index in [0.717, 1.165) is 31.6 Å². The van der Waals surface area contributed by atoms with E-state index in [-0.39, 0.29) is 17.7 Å². The van der Waals surface area contributed by atoms with Crippen LogP contribution in [0.15, 0.2) is 18.2 Å². The fourth-order valence-electron chi connectivity index (χ4n) is 3.34. The molecule has 2 atom stereocenters. The van der Waals surface area contributed by atoms with Gasteiger partial charge in [0.1, 0.15) is 5.75 Å². The third-order valence-corrected chi connectivity index (χ3v) is 5.09. The summed E-state index contributed by atoms with van der Waals surface area (Å²) in [5.74, 6) is 1.75. The average Bonchev–Trinajstić information content (AvgIpc) is 3.34. The maximum Gasteiger partial charge on any atom is 0.224 e. The Balaban J connectivity index is 1.52. The summed E-state index contributed by atoms with van der Waals surface area (Å²) in [5.41, 5.74) is 2.46. The highest BCUT2D eigenvalue weighted by molar-refractivity contribution is 5.82. The largest absolute Gasteiger partial charge is 0.497 e. The average molecular weight is 330 g/mol. The summed E-state index contributed by atoms with van der Waals surface area (Å²) in [5, 5.41) is 2.89. The van der Waals surface area contributed by atoms with Gasteiger partial charge >= 0.3 is 0 Å². The lowest BCUT2D eigenvalue weighted by Crippen LogP contribution is -2.34.